The fourth-order valence-electron chi connectivity index (χ4n) is 4.29. The van der Waals surface area contributed by atoms with Crippen molar-refractivity contribution in [2.75, 3.05) is 56.2 Å². The van der Waals surface area contributed by atoms with E-state index in [0.29, 0.717) is 0 Å². The molecule has 0 unspecified atom stereocenters. The molecule has 2 saturated heterocycles. The van der Waals surface area contributed by atoms with E-state index in [1.165, 1.54) is 11.3 Å². The Balaban J connectivity index is 1.20. The summed E-state index contributed by atoms with van der Waals surface area (Å²) in [7, 11) is 0. The molecule has 2 aliphatic heterocycles. The van der Waals surface area contributed by atoms with Crippen LogP contribution in [-0.4, -0.2) is 67.9 Å². The summed E-state index contributed by atoms with van der Waals surface area (Å²) < 4.78 is 5.43. The molecule has 2 aromatic rings. The van der Waals surface area contributed by atoms with Gasteiger partial charge in [-0.3, -0.25) is 4.98 Å². The van der Waals surface area contributed by atoms with Crippen LogP contribution in [0.2, 0.25) is 0 Å². The maximum Gasteiger partial charge on any atom is 0.319 e. The zero-order valence-corrected chi connectivity index (χ0v) is 18.3. The summed E-state index contributed by atoms with van der Waals surface area (Å²) in [5.74, 6) is 0. The molecule has 0 radical (unpaired) electrons. The lowest BCUT2D eigenvalue weighted by atomic mass is 10.0. The second kappa shape index (κ2) is 10.6. The van der Waals surface area contributed by atoms with Crippen LogP contribution in [0, 0.1) is 6.92 Å². The molecule has 3 heterocycles. The van der Waals surface area contributed by atoms with Gasteiger partial charge in [0.2, 0.25) is 0 Å². The number of hydrogen-bond donors (Lipinski definition) is 2. The molecule has 1 aromatic heterocycles. The minimum Gasteiger partial charge on any atom is -0.378 e. The van der Waals surface area contributed by atoms with E-state index in [0.717, 1.165) is 76.5 Å². The van der Waals surface area contributed by atoms with Crippen molar-refractivity contribution in [3.05, 3.63) is 53.9 Å². The van der Waals surface area contributed by atoms with Gasteiger partial charge in [-0.1, -0.05) is 0 Å². The Labute approximate surface area is 184 Å². The minimum atomic E-state index is -0.113. The first kappa shape index (κ1) is 21.6. The highest BCUT2D eigenvalue weighted by Crippen LogP contribution is 2.23. The Hall–Kier alpha value is -2.64. The van der Waals surface area contributed by atoms with E-state index in [1.807, 2.05) is 25.4 Å². The molecular formula is C24H33N5O2. The molecular weight excluding hydrogens is 390 g/mol. The van der Waals surface area contributed by atoms with Crippen molar-refractivity contribution in [1.82, 2.24) is 15.2 Å². The highest BCUT2D eigenvalue weighted by atomic mass is 16.5. The first-order chi connectivity index (χ1) is 15.2. The van der Waals surface area contributed by atoms with Crippen LogP contribution >= 0.6 is 0 Å². The summed E-state index contributed by atoms with van der Waals surface area (Å²) in [6.07, 6.45) is 6.71. The highest BCUT2D eigenvalue weighted by molar-refractivity contribution is 5.90. The van der Waals surface area contributed by atoms with Crippen LogP contribution in [0.4, 0.5) is 16.2 Å². The van der Waals surface area contributed by atoms with Crippen LogP contribution < -0.4 is 15.5 Å². The molecule has 31 heavy (non-hydrogen) atoms. The number of likely N-dealkylation sites (tertiary alicyclic amines) is 1. The quantitative estimate of drug-likeness (QED) is 0.747. The Morgan fingerprint density at radius 1 is 1.10 bits per heavy atom. The van der Waals surface area contributed by atoms with Crippen molar-refractivity contribution in [1.29, 1.82) is 0 Å². The third-order valence-electron chi connectivity index (χ3n) is 6.22. The lowest BCUT2D eigenvalue weighted by molar-refractivity contribution is 0.122. The Morgan fingerprint density at radius 2 is 1.84 bits per heavy atom. The first-order valence-corrected chi connectivity index (χ1v) is 11.3. The normalized spacial score (nSPS) is 18.0. The maximum atomic E-state index is 12.5. The summed E-state index contributed by atoms with van der Waals surface area (Å²) >= 11 is 0. The van der Waals surface area contributed by atoms with Crippen LogP contribution in [0.3, 0.4) is 0 Å². The molecule has 0 bridgehead atoms. The van der Waals surface area contributed by atoms with E-state index < -0.39 is 0 Å². The third-order valence-corrected chi connectivity index (χ3v) is 6.22. The van der Waals surface area contributed by atoms with Gasteiger partial charge < -0.3 is 25.2 Å². The van der Waals surface area contributed by atoms with Crippen molar-refractivity contribution in [3.63, 3.8) is 0 Å². The number of piperidine rings is 1. The summed E-state index contributed by atoms with van der Waals surface area (Å²) in [5, 5.41) is 6.19. The van der Waals surface area contributed by atoms with Crippen molar-refractivity contribution in [2.45, 2.75) is 32.2 Å². The van der Waals surface area contributed by atoms with Crippen LogP contribution in [-0.2, 0) is 11.2 Å². The molecule has 2 N–H and O–H groups in total. The molecule has 7 nitrogen and oxygen atoms in total. The van der Waals surface area contributed by atoms with Gasteiger partial charge in [-0.2, -0.15) is 0 Å². The predicted octanol–water partition coefficient (Wildman–Crippen LogP) is 3.06. The average Bonchev–Trinajstić information content (AvgIpc) is 2.81. The van der Waals surface area contributed by atoms with Crippen LogP contribution in [0.1, 0.15) is 24.0 Å². The number of rotatable bonds is 6. The van der Waals surface area contributed by atoms with Crippen molar-refractivity contribution in [2.24, 2.45) is 0 Å². The molecule has 166 valence electrons. The van der Waals surface area contributed by atoms with E-state index in [9.17, 15) is 4.79 Å². The smallest absolute Gasteiger partial charge is 0.319 e. The zero-order valence-electron chi connectivity index (χ0n) is 18.3. The lowest BCUT2D eigenvalue weighted by Crippen LogP contribution is -2.46. The second-order valence-electron chi connectivity index (χ2n) is 8.42. The molecule has 0 aliphatic carbocycles. The van der Waals surface area contributed by atoms with E-state index in [-0.39, 0.29) is 12.1 Å². The standard InChI is InChI=1S/C24H33N5O2/c1-19-18-22(29-14-16-31-17-15-29)2-3-23(19)27-24(30)26-21-7-12-28(13-8-21)11-6-20-4-9-25-10-5-20/h2-5,9-10,18,21H,6-8,11-17H2,1H3,(H2,26,27,30). The molecule has 2 aliphatic rings. The van der Waals surface area contributed by atoms with Crippen LogP contribution in [0.5, 0.6) is 0 Å². The van der Waals surface area contributed by atoms with E-state index in [4.69, 9.17) is 4.74 Å². The van der Waals surface area contributed by atoms with Crippen molar-refractivity contribution >= 4 is 17.4 Å². The van der Waals surface area contributed by atoms with Gasteiger partial charge in [0.05, 0.1) is 13.2 Å². The number of carbonyl (C=O) groups is 1. The summed E-state index contributed by atoms with van der Waals surface area (Å²) in [4.78, 5) is 21.4. The Bertz CT molecular complexity index is 846. The molecule has 0 saturated carbocycles. The monoisotopic (exact) mass is 423 g/mol. The molecule has 0 atom stereocenters. The molecule has 4 rings (SSSR count). The summed E-state index contributed by atoms with van der Waals surface area (Å²) in [6, 6.07) is 10.5. The number of aromatic nitrogens is 1. The SMILES string of the molecule is Cc1cc(N2CCOCC2)ccc1NC(=O)NC1CCN(CCc2ccncc2)CC1. The fraction of sp³-hybridized carbons (Fsp3) is 0.500. The van der Waals surface area contributed by atoms with Gasteiger partial charge in [0.25, 0.3) is 0 Å². The number of nitrogens with zero attached hydrogens (tertiary/aromatic N) is 3. The van der Waals surface area contributed by atoms with Gasteiger partial charge in [0.15, 0.2) is 0 Å². The van der Waals surface area contributed by atoms with Crippen LogP contribution in [0.25, 0.3) is 0 Å². The van der Waals surface area contributed by atoms with Crippen LogP contribution in [0.15, 0.2) is 42.7 Å². The number of hydrogen-bond acceptors (Lipinski definition) is 5. The van der Waals surface area contributed by atoms with Gasteiger partial charge in [-0.25, -0.2) is 4.79 Å². The number of ether oxygens (including phenoxy) is 1. The third kappa shape index (κ3) is 6.18. The van der Waals surface area contributed by atoms with E-state index >= 15 is 0 Å². The maximum absolute atomic E-state index is 12.5. The van der Waals surface area contributed by atoms with Gasteiger partial charge in [-0.05, 0) is 67.6 Å². The number of aryl methyl sites for hydroxylation is 1. The molecule has 0 spiro atoms. The Morgan fingerprint density at radius 3 is 2.55 bits per heavy atom. The topological polar surface area (TPSA) is 69.7 Å². The molecule has 1 aromatic carbocycles. The predicted molar refractivity (Wildman–Crippen MR) is 124 cm³/mol. The fourth-order valence-corrected chi connectivity index (χ4v) is 4.29. The largest absolute Gasteiger partial charge is 0.378 e. The number of amides is 2. The Kier molecular flexibility index (Phi) is 7.38. The number of pyridine rings is 1. The highest BCUT2D eigenvalue weighted by Gasteiger charge is 2.21. The van der Waals surface area contributed by atoms with Crippen molar-refractivity contribution in [3.8, 4) is 0 Å². The lowest BCUT2D eigenvalue weighted by Gasteiger charge is -2.32. The molecule has 2 fully saturated rings. The molecule has 2 amide bonds. The number of nitrogens with one attached hydrogen (secondary N) is 2. The summed E-state index contributed by atoms with van der Waals surface area (Å²) in [6.45, 7) is 8.49. The second-order valence-corrected chi connectivity index (χ2v) is 8.42. The van der Waals surface area contributed by atoms with Gasteiger partial charge in [0, 0.05) is 62.5 Å². The number of carbonyl (C=O) groups excluding carboxylic acids is 1. The molecule has 7 heteroatoms. The zero-order chi connectivity index (χ0) is 21.5. The minimum absolute atomic E-state index is 0.113. The van der Waals surface area contributed by atoms with Gasteiger partial charge in [-0.15, -0.1) is 0 Å². The average molecular weight is 424 g/mol. The van der Waals surface area contributed by atoms with Gasteiger partial charge in [0.1, 0.15) is 0 Å². The number of anilines is 2. The number of urea groups is 1. The summed E-state index contributed by atoms with van der Waals surface area (Å²) in [5.41, 5.74) is 4.45. The number of morpholine rings is 1. The first-order valence-electron chi connectivity index (χ1n) is 11.3. The van der Waals surface area contributed by atoms with Crippen molar-refractivity contribution < 1.29 is 9.53 Å². The number of benzene rings is 1. The van der Waals surface area contributed by atoms with E-state index in [1.54, 1.807) is 0 Å². The van der Waals surface area contributed by atoms with E-state index in [2.05, 4.69) is 49.7 Å². The van der Waals surface area contributed by atoms with Gasteiger partial charge >= 0.3 is 6.03 Å².